The van der Waals surface area contributed by atoms with E-state index in [1.165, 1.54) is 0 Å². The Kier molecular flexibility index (Phi) is 5.94. The summed E-state index contributed by atoms with van der Waals surface area (Å²) in [6, 6.07) is 14.8. The third-order valence-corrected chi connectivity index (χ3v) is 4.65. The molecular weight excluding hydrogens is 354 g/mol. The van der Waals surface area contributed by atoms with E-state index in [-0.39, 0.29) is 18.3 Å². The van der Waals surface area contributed by atoms with Gasteiger partial charge in [0.2, 0.25) is 0 Å². The molecule has 0 spiro atoms. The van der Waals surface area contributed by atoms with E-state index in [1.54, 1.807) is 44.4 Å². The monoisotopic (exact) mass is 377 g/mol. The molecule has 0 saturated heterocycles. The van der Waals surface area contributed by atoms with Gasteiger partial charge in [0.25, 0.3) is 0 Å². The molecule has 3 rings (SSSR count). The summed E-state index contributed by atoms with van der Waals surface area (Å²) in [7, 11) is 1.59. The highest BCUT2D eigenvalue weighted by molar-refractivity contribution is 6.08. The minimum absolute atomic E-state index is 0.0933. The summed E-state index contributed by atoms with van der Waals surface area (Å²) in [6.45, 7) is 4.22. The van der Waals surface area contributed by atoms with Crippen LogP contribution in [0.2, 0.25) is 0 Å². The molecule has 0 radical (unpaired) electrons. The Balaban J connectivity index is 1.93. The minimum atomic E-state index is -0.281. The van der Waals surface area contributed by atoms with Crippen LogP contribution in [0, 0.1) is 6.92 Å². The molecule has 0 aliphatic carbocycles. The Morgan fingerprint density at radius 2 is 1.79 bits per heavy atom. The van der Waals surface area contributed by atoms with E-state index in [0.717, 1.165) is 22.2 Å². The number of hydrogen-bond acceptors (Lipinski definition) is 4. The van der Waals surface area contributed by atoms with Gasteiger partial charge >= 0.3 is 5.97 Å². The Labute approximate surface area is 164 Å². The maximum atomic E-state index is 12.5. The van der Waals surface area contributed by atoms with Crippen molar-refractivity contribution in [3.05, 3.63) is 71.4 Å². The van der Waals surface area contributed by atoms with Crippen molar-refractivity contribution >= 4 is 28.7 Å². The average molecular weight is 377 g/mol. The van der Waals surface area contributed by atoms with Crippen molar-refractivity contribution in [2.24, 2.45) is 0 Å². The molecule has 0 aliphatic rings. The van der Waals surface area contributed by atoms with E-state index in [9.17, 15) is 9.59 Å². The molecule has 0 amide bonds. The first kappa shape index (κ1) is 19.4. The molecule has 144 valence electrons. The predicted molar refractivity (Wildman–Crippen MR) is 110 cm³/mol. The number of para-hydroxylation sites is 1. The predicted octanol–water partition coefficient (Wildman–Crippen LogP) is 4.42. The van der Waals surface area contributed by atoms with Gasteiger partial charge in [0, 0.05) is 27.7 Å². The number of fused-ring (bicyclic) bond motifs is 1. The van der Waals surface area contributed by atoms with Crippen LogP contribution in [0.15, 0.2) is 54.6 Å². The van der Waals surface area contributed by atoms with E-state index in [0.29, 0.717) is 17.9 Å². The van der Waals surface area contributed by atoms with Crippen LogP contribution < -0.4 is 4.74 Å². The lowest BCUT2D eigenvalue weighted by Gasteiger charge is -2.07. The number of esters is 1. The molecule has 5 heteroatoms. The van der Waals surface area contributed by atoms with Crippen LogP contribution in [0.4, 0.5) is 0 Å². The van der Waals surface area contributed by atoms with Gasteiger partial charge in [0.05, 0.1) is 13.7 Å². The maximum absolute atomic E-state index is 12.5. The van der Waals surface area contributed by atoms with Crippen LogP contribution in [0.3, 0.4) is 0 Å². The number of benzene rings is 2. The molecule has 0 unspecified atom stereocenters. The van der Waals surface area contributed by atoms with Crippen molar-refractivity contribution in [2.75, 3.05) is 13.7 Å². The summed E-state index contributed by atoms with van der Waals surface area (Å²) >= 11 is 0. The van der Waals surface area contributed by atoms with Gasteiger partial charge in [-0.15, -0.1) is 0 Å². The Hall–Kier alpha value is -3.34. The normalized spacial score (nSPS) is 11.1. The second kappa shape index (κ2) is 8.57. The van der Waals surface area contributed by atoms with Crippen LogP contribution in [0.25, 0.3) is 17.0 Å². The van der Waals surface area contributed by atoms with Gasteiger partial charge in [0.15, 0.2) is 5.78 Å². The number of rotatable bonds is 7. The van der Waals surface area contributed by atoms with Crippen molar-refractivity contribution < 1.29 is 19.1 Å². The number of methoxy groups -OCH3 is 1. The Morgan fingerprint density at radius 3 is 2.46 bits per heavy atom. The first-order valence-corrected chi connectivity index (χ1v) is 9.15. The van der Waals surface area contributed by atoms with Crippen molar-refractivity contribution in [1.82, 2.24) is 4.57 Å². The first-order valence-electron chi connectivity index (χ1n) is 9.15. The van der Waals surface area contributed by atoms with Crippen LogP contribution >= 0.6 is 0 Å². The summed E-state index contributed by atoms with van der Waals surface area (Å²) in [4.78, 5) is 24.5. The van der Waals surface area contributed by atoms with Gasteiger partial charge in [-0.1, -0.05) is 18.2 Å². The lowest BCUT2D eigenvalue weighted by molar-refractivity contribution is -0.143. The van der Waals surface area contributed by atoms with Gasteiger partial charge in [0.1, 0.15) is 12.3 Å². The number of carbonyl (C=O) groups excluding carboxylic acids is 2. The highest BCUT2D eigenvalue weighted by Crippen LogP contribution is 2.27. The number of ketones is 1. The third-order valence-electron chi connectivity index (χ3n) is 4.65. The number of carbonyl (C=O) groups is 2. The van der Waals surface area contributed by atoms with Crippen LogP contribution in [0.1, 0.15) is 28.5 Å². The number of nitrogens with zero attached hydrogens (tertiary/aromatic N) is 1. The van der Waals surface area contributed by atoms with Crippen LogP contribution in [-0.4, -0.2) is 30.0 Å². The smallest absolute Gasteiger partial charge is 0.325 e. The number of hydrogen-bond donors (Lipinski definition) is 0. The van der Waals surface area contributed by atoms with Crippen LogP contribution in [-0.2, 0) is 16.1 Å². The lowest BCUT2D eigenvalue weighted by Crippen LogP contribution is -2.14. The summed E-state index contributed by atoms with van der Waals surface area (Å²) in [5.41, 5.74) is 3.35. The highest BCUT2D eigenvalue weighted by atomic mass is 16.5. The second-order valence-corrected chi connectivity index (χ2v) is 6.33. The Morgan fingerprint density at radius 1 is 1.07 bits per heavy atom. The number of allylic oxidation sites excluding steroid dienone is 1. The van der Waals surface area contributed by atoms with E-state index in [1.807, 2.05) is 41.8 Å². The first-order chi connectivity index (χ1) is 13.5. The van der Waals surface area contributed by atoms with Crippen molar-refractivity contribution in [3.8, 4) is 5.75 Å². The molecule has 0 bridgehead atoms. The van der Waals surface area contributed by atoms with E-state index >= 15 is 0 Å². The van der Waals surface area contributed by atoms with E-state index in [4.69, 9.17) is 9.47 Å². The van der Waals surface area contributed by atoms with Gasteiger partial charge in [-0.2, -0.15) is 0 Å². The highest BCUT2D eigenvalue weighted by Gasteiger charge is 2.15. The fourth-order valence-electron chi connectivity index (χ4n) is 3.22. The summed E-state index contributed by atoms with van der Waals surface area (Å²) < 4.78 is 12.1. The quantitative estimate of drug-likeness (QED) is 0.347. The summed E-state index contributed by atoms with van der Waals surface area (Å²) in [5, 5.41) is 0.989. The zero-order chi connectivity index (χ0) is 20.1. The average Bonchev–Trinajstić information content (AvgIpc) is 2.97. The lowest BCUT2D eigenvalue weighted by atomic mass is 10.1. The fraction of sp³-hybridized carbons (Fsp3) is 0.217. The van der Waals surface area contributed by atoms with Crippen molar-refractivity contribution in [2.45, 2.75) is 20.4 Å². The Bertz CT molecular complexity index is 1030. The van der Waals surface area contributed by atoms with Gasteiger partial charge in [-0.3, -0.25) is 9.59 Å². The standard InChI is InChI=1S/C23H23NO4/c1-4-28-23(26)15-24-16(2)19(20-7-5-6-8-21(20)24)13-14-22(25)17-9-11-18(27-3)12-10-17/h5-14H,4,15H2,1-3H3/b14-13+. The molecule has 0 saturated carbocycles. The maximum Gasteiger partial charge on any atom is 0.325 e. The molecule has 5 nitrogen and oxygen atoms in total. The number of aromatic nitrogens is 1. The molecule has 3 aromatic rings. The van der Waals surface area contributed by atoms with Crippen molar-refractivity contribution in [1.29, 1.82) is 0 Å². The van der Waals surface area contributed by atoms with E-state index in [2.05, 4.69) is 0 Å². The molecule has 0 N–H and O–H groups in total. The summed E-state index contributed by atoms with van der Waals surface area (Å²) in [6.07, 6.45) is 3.37. The van der Waals surface area contributed by atoms with Gasteiger partial charge < -0.3 is 14.0 Å². The molecule has 2 aromatic carbocycles. The largest absolute Gasteiger partial charge is 0.497 e. The molecule has 0 aliphatic heterocycles. The SMILES string of the molecule is CCOC(=O)Cn1c(C)c(/C=C/C(=O)c2ccc(OC)cc2)c2ccccc21. The molecule has 1 aromatic heterocycles. The molecular formula is C23H23NO4. The topological polar surface area (TPSA) is 57.5 Å². The minimum Gasteiger partial charge on any atom is -0.497 e. The van der Waals surface area contributed by atoms with Crippen molar-refractivity contribution in [3.63, 3.8) is 0 Å². The molecule has 0 atom stereocenters. The number of ether oxygens (including phenoxy) is 2. The van der Waals surface area contributed by atoms with Gasteiger partial charge in [-0.25, -0.2) is 0 Å². The fourth-order valence-corrected chi connectivity index (χ4v) is 3.22. The van der Waals surface area contributed by atoms with Gasteiger partial charge in [-0.05, 0) is 56.3 Å². The third kappa shape index (κ3) is 3.98. The zero-order valence-corrected chi connectivity index (χ0v) is 16.3. The zero-order valence-electron chi connectivity index (χ0n) is 16.3. The molecule has 1 heterocycles. The summed E-state index contributed by atoms with van der Waals surface area (Å²) in [5.74, 6) is 0.332. The molecule has 28 heavy (non-hydrogen) atoms. The second-order valence-electron chi connectivity index (χ2n) is 6.33. The molecule has 0 fully saturated rings. The van der Waals surface area contributed by atoms with E-state index < -0.39 is 0 Å². The van der Waals surface area contributed by atoms with Crippen LogP contribution in [0.5, 0.6) is 5.75 Å².